The van der Waals surface area contributed by atoms with Crippen LogP contribution in [0.25, 0.3) is 0 Å². The summed E-state index contributed by atoms with van der Waals surface area (Å²) in [5.74, 6) is 8.44. The summed E-state index contributed by atoms with van der Waals surface area (Å²) in [6.07, 6.45) is 13.6. The average molecular weight is 474 g/mol. The van der Waals surface area contributed by atoms with Crippen molar-refractivity contribution in [1.82, 2.24) is 9.78 Å². The van der Waals surface area contributed by atoms with Crippen LogP contribution in [0.2, 0.25) is 0 Å². The standard InChI is InChI=1S/C30H39N3O2/c1-29(35)9-7-21-18(12-29)5-6-23-22(21)8-10-30(2)26(24-11-25(24)27(23)30)20(16-34)15-33-14-19(13-31)28(32-33)17-3-4-17/h14,17-18,21-27,35H,3-12,15H2,1-2H3/t18-,21+,22-,23-,24+,25-,26+,27-,29-,30-/m1/s1. The molecule has 6 aliphatic carbocycles. The molecule has 0 amide bonds. The van der Waals surface area contributed by atoms with Gasteiger partial charge in [-0.2, -0.15) is 10.4 Å². The molecule has 0 bridgehead atoms. The Bertz CT molecular complexity index is 1130. The number of fused-ring (bicyclic) bond motifs is 7. The third-order valence-corrected chi connectivity index (χ3v) is 11.7. The van der Waals surface area contributed by atoms with Crippen molar-refractivity contribution >= 4 is 5.94 Å². The summed E-state index contributed by atoms with van der Waals surface area (Å²) in [4.78, 5) is 12.4. The predicted octanol–water partition coefficient (Wildman–Crippen LogP) is 5.27. The van der Waals surface area contributed by atoms with E-state index in [2.05, 4.69) is 18.9 Å². The highest BCUT2D eigenvalue weighted by molar-refractivity contribution is 5.55. The molecule has 6 aliphatic rings. The summed E-state index contributed by atoms with van der Waals surface area (Å²) in [5.41, 5.74) is 2.25. The summed E-state index contributed by atoms with van der Waals surface area (Å²) in [7, 11) is 0. The normalized spacial score (nSPS) is 47.5. The summed E-state index contributed by atoms with van der Waals surface area (Å²) in [6, 6.07) is 2.32. The van der Waals surface area contributed by atoms with E-state index in [4.69, 9.17) is 5.10 Å². The first-order valence-corrected chi connectivity index (χ1v) is 14.3. The van der Waals surface area contributed by atoms with Gasteiger partial charge in [-0.05, 0) is 118 Å². The van der Waals surface area contributed by atoms with Gasteiger partial charge in [0.05, 0.1) is 23.4 Å². The molecule has 0 unspecified atom stereocenters. The Balaban J connectivity index is 1.14. The number of aromatic nitrogens is 2. The van der Waals surface area contributed by atoms with E-state index in [-0.39, 0.29) is 5.41 Å². The van der Waals surface area contributed by atoms with Gasteiger partial charge in [0.1, 0.15) is 12.0 Å². The van der Waals surface area contributed by atoms with Crippen molar-refractivity contribution in [3.63, 3.8) is 0 Å². The van der Waals surface area contributed by atoms with E-state index in [1.54, 1.807) is 0 Å². The Labute approximate surface area is 209 Å². The summed E-state index contributed by atoms with van der Waals surface area (Å²) in [5, 5.41) is 25.0. The summed E-state index contributed by atoms with van der Waals surface area (Å²) >= 11 is 0. The highest BCUT2D eigenvalue weighted by Crippen LogP contribution is 2.75. The Kier molecular flexibility index (Phi) is 4.82. The highest BCUT2D eigenvalue weighted by atomic mass is 16.3. The molecule has 7 rings (SSSR count). The summed E-state index contributed by atoms with van der Waals surface area (Å²) in [6.45, 7) is 5.04. The van der Waals surface area contributed by atoms with E-state index < -0.39 is 5.60 Å². The van der Waals surface area contributed by atoms with E-state index in [1.165, 1.54) is 38.5 Å². The third-order valence-electron chi connectivity index (χ3n) is 11.7. The van der Waals surface area contributed by atoms with E-state index in [0.717, 1.165) is 66.5 Å². The zero-order chi connectivity index (χ0) is 24.1. The van der Waals surface area contributed by atoms with Gasteiger partial charge >= 0.3 is 0 Å². The van der Waals surface area contributed by atoms with Gasteiger partial charge in [-0.3, -0.25) is 4.68 Å². The van der Waals surface area contributed by atoms with Crippen molar-refractivity contribution < 1.29 is 9.90 Å². The number of nitrogens with zero attached hydrogens (tertiary/aromatic N) is 3. The number of rotatable bonds is 4. The molecule has 0 radical (unpaired) electrons. The number of allylic oxidation sites excluding steroid dienone is 1. The van der Waals surface area contributed by atoms with Crippen LogP contribution in [-0.2, 0) is 11.3 Å². The van der Waals surface area contributed by atoms with E-state index in [9.17, 15) is 15.2 Å². The minimum atomic E-state index is -0.460. The van der Waals surface area contributed by atoms with Crippen LogP contribution in [0.3, 0.4) is 0 Å². The lowest BCUT2D eigenvalue weighted by Crippen LogP contribution is -2.51. The monoisotopic (exact) mass is 473 g/mol. The van der Waals surface area contributed by atoms with Crippen LogP contribution in [0.4, 0.5) is 0 Å². The Morgan fingerprint density at radius 1 is 1.09 bits per heavy atom. The fraction of sp³-hybridized carbons (Fsp3) is 0.800. The first-order valence-electron chi connectivity index (χ1n) is 14.3. The van der Waals surface area contributed by atoms with E-state index >= 15 is 0 Å². The predicted molar refractivity (Wildman–Crippen MR) is 132 cm³/mol. The number of hydrogen-bond acceptors (Lipinski definition) is 4. The van der Waals surface area contributed by atoms with Crippen molar-refractivity contribution in [2.75, 3.05) is 0 Å². The average Bonchev–Trinajstić information content (AvgIpc) is 3.75. The zero-order valence-electron chi connectivity index (χ0n) is 21.2. The molecule has 0 aliphatic heterocycles. The van der Waals surface area contributed by atoms with Crippen LogP contribution in [0.5, 0.6) is 0 Å². The molecule has 10 atom stereocenters. The molecule has 186 valence electrons. The maximum atomic E-state index is 12.4. The largest absolute Gasteiger partial charge is 0.390 e. The molecule has 1 heterocycles. The Hall–Kier alpha value is -1.89. The number of carbonyl (C=O) groups excluding carboxylic acids is 1. The number of nitriles is 1. The van der Waals surface area contributed by atoms with Crippen molar-refractivity contribution in [3.8, 4) is 6.07 Å². The van der Waals surface area contributed by atoms with E-state index in [0.29, 0.717) is 35.8 Å². The quantitative estimate of drug-likeness (QED) is 0.605. The fourth-order valence-electron chi connectivity index (χ4n) is 10.3. The molecular weight excluding hydrogens is 434 g/mol. The van der Waals surface area contributed by atoms with Crippen LogP contribution in [0.15, 0.2) is 11.8 Å². The van der Waals surface area contributed by atoms with Gasteiger partial charge < -0.3 is 5.11 Å². The molecule has 0 aromatic carbocycles. The van der Waals surface area contributed by atoms with Gasteiger partial charge in [0.25, 0.3) is 0 Å². The van der Waals surface area contributed by atoms with Crippen molar-refractivity contribution in [1.29, 1.82) is 5.26 Å². The molecule has 35 heavy (non-hydrogen) atoms. The second kappa shape index (κ2) is 7.56. The first kappa shape index (κ1) is 22.3. The molecule has 5 nitrogen and oxygen atoms in total. The van der Waals surface area contributed by atoms with Gasteiger partial charge in [-0.25, -0.2) is 4.79 Å². The van der Waals surface area contributed by atoms with Gasteiger partial charge in [-0.15, -0.1) is 0 Å². The lowest BCUT2D eigenvalue weighted by molar-refractivity contribution is -0.104. The van der Waals surface area contributed by atoms with Crippen LogP contribution in [0.1, 0.15) is 95.2 Å². The van der Waals surface area contributed by atoms with Crippen molar-refractivity contribution in [3.05, 3.63) is 23.0 Å². The second-order valence-corrected chi connectivity index (χ2v) is 13.8. The van der Waals surface area contributed by atoms with Gasteiger partial charge in [0.15, 0.2) is 0 Å². The molecule has 1 N–H and O–H groups in total. The maximum Gasteiger partial charge on any atom is 0.125 e. The van der Waals surface area contributed by atoms with Gasteiger partial charge in [0, 0.05) is 23.6 Å². The molecule has 1 aromatic heterocycles. The molecule has 5 heteroatoms. The smallest absolute Gasteiger partial charge is 0.125 e. The van der Waals surface area contributed by atoms with Crippen LogP contribution >= 0.6 is 0 Å². The first-order chi connectivity index (χ1) is 16.8. The number of aliphatic hydroxyl groups is 1. The Morgan fingerprint density at radius 3 is 2.63 bits per heavy atom. The Morgan fingerprint density at radius 2 is 1.89 bits per heavy atom. The number of hydrogen-bond donors (Lipinski definition) is 1. The minimum Gasteiger partial charge on any atom is -0.390 e. The topological polar surface area (TPSA) is 78.9 Å². The van der Waals surface area contributed by atoms with Crippen LogP contribution in [0, 0.1) is 64.1 Å². The molecule has 0 spiro atoms. The van der Waals surface area contributed by atoms with Gasteiger partial charge in [0.2, 0.25) is 0 Å². The van der Waals surface area contributed by atoms with Crippen LogP contribution < -0.4 is 0 Å². The SMILES string of the molecule is C[C@@]1(O)CC[C@H]2[C@H](CC[C@@H]3[C@@H]2CC[C@@]2(C)[C@H]3[C@@H]3C[C@@H]3[C@@H]2C(=C=O)Cn2cc(C#N)c(C3CC3)n2)C1. The maximum absolute atomic E-state index is 12.4. The lowest BCUT2D eigenvalue weighted by atomic mass is 9.47. The lowest BCUT2D eigenvalue weighted by Gasteiger charge is -2.58. The molecule has 0 saturated heterocycles. The molecule has 6 fully saturated rings. The highest BCUT2D eigenvalue weighted by Gasteiger charge is 2.70. The van der Waals surface area contributed by atoms with Crippen molar-refractivity contribution in [2.45, 2.75) is 96.1 Å². The minimum absolute atomic E-state index is 0.193. The van der Waals surface area contributed by atoms with Crippen molar-refractivity contribution in [2.24, 2.45) is 52.8 Å². The fourth-order valence-corrected chi connectivity index (χ4v) is 10.3. The van der Waals surface area contributed by atoms with Gasteiger partial charge in [-0.1, -0.05) is 6.92 Å². The molecular formula is C30H39N3O2. The van der Waals surface area contributed by atoms with E-state index in [1.807, 2.05) is 17.8 Å². The zero-order valence-corrected chi connectivity index (χ0v) is 21.2. The third kappa shape index (κ3) is 3.36. The summed E-state index contributed by atoms with van der Waals surface area (Å²) < 4.78 is 1.87. The molecule has 6 saturated carbocycles. The molecule has 1 aromatic rings. The van der Waals surface area contributed by atoms with Crippen LogP contribution in [-0.4, -0.2) is 26.4 Å². The second-order valence-electron chi connectivity index (χ2n) is 13.8.